The lowest BCUT2D eigenvalue weighted by Crippen LogP contribution is -2.46. The molecule has 0 aliphatic rings. The van der Waals surface area contributed by atoms with Crippen LogP contribution in [0.4, 0.5) is 0 Å². The van der Waals surface area contributed by atoms with E-state index in [0.717, 1.165) is 6.42 Å². The maximum absolute atomic E-state index is 5.72. The summed E-state index contributed by atoms with van der Waals surface area (Å²) in [4.78, 5) is 9.67. The van der Waals surface area contributed by atoms with Gasteiger partial charge in [-0.1, -0.05) is 5.04 Å². The van der Waals surface area contributed by atoms with Gasteiger partial charge in [-0.3, -0.25) is 0 Å². The van der Waals surface area contributed by atoms with Gasteiger partial charge >= 0.3 is 8.80 Å². The van der Waals surface area contributed by atoms with E-state index in [-0.39, 0.29) is 0 Å². The zero-order valence-electron chi connectivity index (χ0n) is 12.9. The smallest absolute Gasteiger partial charge is 0.374 e. The molecule has 0 saturated carbocycles. The summed E-state index contributed by atoms with van der Waals surface area (Å²) in [5, 5.41) is 4.57. The first kappa shape index (κ1) is 19.9. The quantitative estimate of drug-likeness (QED) is 0.213. The normalized spacial score (nSPS) is 12.0. The van der Waals surface area contributed by atoms with Crippen molar-refractivity contribution in [2.45, 2.75) is 39.7 Å². The molecule has 0 saturated heterocycles. The van der Waals surface area contributed by atoms with Crippen molar-refractivity contribution < 1.29 is 28.1 Å². The van der Waals surface area contributed by atoms with E-state index in [1.54, 1.807) is 0 Å². The van der Waals surface area contributed by atoms with Crippen LogP contribution in [0.15, 0.2) is 0 Å². The van der Waals surface area contributed by atoms with Gasteiger partial charge in [-0.15, -0.1) is 0 Å². The molecule has 0 heterocycles. The standard InChI is InChI=1S/C12H29NO6Si/c1-4-16-20(17-5-2,18-6-3)12-8-11-15-19-14-10-7-9-13/h4-13H2,1-3H3. The van der Waals surface area contributed by atoms with Gasteiger partial charge in [-0.2, -0.15) is 0 Å². The van der Waals surface area contributed by atoms with Gasteiger partial charge < -0.3 is 19.0 Å². The topological polar surface area (TPSA) is 81.4 Å². The third kappa shape index (κ3) is 9.78. The predicted octanol–water partition coefficient (Wildman–Crippen LogP) is 1.65. The molecule has 0 aliphatic carbocycles. The van der Waals surface area contributed by atoms with Gasteiger partial charge in [0.25, 0.3) is 0 Å². The van der Waals surface area contributed by atoms with Gasteiger partial charge in [0.2, 0.25) is 0 Å². The maximum atomic E-state index is 5.72. The first-order valence-corrected chi connectivity index (χ1v) is 9.20. The predicted molar refractivity (Wildman–Crippen MR) is 76.7 cm³/mol. The van der Waals surface area contributed by atoms with E-state index in [1.165, 1.54) is 0 Å². The van der Waals surface area contributed by atoms with Crippen LogP contribution in [-0.4, -0.2) is 48.4 Å². The number of hydrogen-bond donors (Lipinski definition) is 1. The van der Waals surface area contributed by atoms with Crippen molar-refractivity contribution in [2.75, 3.05) is 39.6 Å². The van der Waals surface area contributed by atoms with Crippen LogP contribution < -0.4 is 5.73 Å². The molecule has 0 atom stereocenters. The first-order chi connectivity index (χ1) is 9.74. The van der Waals surface area contributed by atoms with Crippen molar-refractivity contribution in [1.82, 2.24) is 0 Å². The molecule has 0 rings (SSSR count). The van der Waals surface area contributed by atoms with E-state index in [9.17, 15) is 0 Å². The monoisotopic (exact) mass is 311 g/mol. The molecule has 7 nitrogen and oxygen atoms in total. The highest BCUT2D eigenvalue weighted by molar-refractivity contribution is 6.60. The lowest BCUT2D eigenvalue weighted by atomic mass is 10.5. The van der Waals surface area contributed by atoms with Gasteiger partial charge in [0.1, 0.15) is 0 Å². The molecule has 0 aromatic heterocycles. The van der Waals surface area contributed by atoms with Gasteiger partial charge in [0.15, 0.2) is 0 Å². The second-order valence-corrected chi connectivity index (χ2v) is 6.67. The summed E-state index contributed by atoms with van der Waals surface area (Å²) in [6, 6.07) is 0.689. The average Bonchev–Trinajstić information content (AvgIpc) is 2.43. The molecule has 0 bridgehead atoms. The Balaban J connectivity index is 3.82. The summed E-state index contributed by atoms with van der Waals surface area (Å²) in [5.74, 6) is 0. The Morgan fingerprint density at radius 2 is 1.30 bits per heavy atom. The fraction of sp³-hybridized carbons (Fsp3) is 1.00. The van der Waals surface area contributed by atoms with Crippen LogP contribution in [0.2, 0.25) is 6.04 Å². The van der Waals surface area contributed by atoms with Crippen LogP contribution in [-0.2, 0) is 28.1 Å². The van der Waals surface area contributed by atoms with Crippen molar-refractivity contribution >= 4 is 8.80 Å². The third-order valence-electron chi connectivity index (χ3n) is 2.33. The molecule has 0 aromatic carbocycles. The van der Waals surface area contributed by atoms with Crippen LogP contribution in [0.1, 0.15) is 33.6 Å². The van der Waals surface area contributed by atoms with E-state index in [4.69, 9.17) is 28.8 Å². The second-order valence-electron chi connectivity index (χ2n) is 3.94. The lowest BCUT2D eigenvalue weighted by molar-refractivity contribution is -0.512. The largest absolute Gasteiger partial charge is 0.501 e. The Morgan fingerprint density at radius 3 is 1.75 bits per heavy atom. The molecule has 20 heavy (non-hydrogen) atoms. The molecule has 0 unspecified atom stereocenters. The summed E-state index contributed by atoms with van der Waals surface area (Å²) in [6.07, 6.45) is 1.45. The zero-order valence-corrected chi connectivity index (χ0v) is 13.9. The van der Waals surface area contributed by atoms with Gasteiger partial charge in [0, 0.05) is 25.9 Å². The Hall–Kier alpha value is -0.0631. The summed E-state index contributed by atoms with van der Waals surface area (Å²) in [7, 11) is -2.57. The van der Waals surface area contributed by atoms with E-state index >= 15 is 0 Å². The minimum atomic E-state index is -2.57. The van der Waals surface area contributed by atoms with Crippen molar-refractivity contribution in [3.05, 3.63) is 0 Å². The molecule has 122 valence electrons. The average molecular weight is 311 g/mol. The number of nitrogens with two attached hydrogens (primary N) is 1. The zero-order chi connectivity index (χ0) is 15.1. The summed E-state index contributed by atoms with van der Waals surface area (Å²) < 4.78 is 17.2. The Morgan fingerprint density at radius 1 is 0.800 bits per heavy atom. The third-order valence-corrected chi connectivity index (χ3v) is 5.48. The van der Waals surface area contributed by atoms with E-state index in [2.05, 4.69) is 5.04 Å². The van der Waals surface area contributed by atoms with Crippen LogP contribution in [0.3, 0.4) is 0 Å². The summed E-state index contributed by atoms with van der Waals surface area (Å²) in [5.41, 5.74) is 5.31. The highest BCUT2D eigenvalue weighted by Crippen LogP contribution is 2.18. The molecule has 2 N–H and O–H groups in total. The summed E-state index contributed by atoms with van der Waals surface area (Å²) >= 11 is 0. The molecule has 0 radical (unpaired) electrons. The van der Waals surface area contributed by atoms with Crippen molar-refractivity contribution in [2.24, 2.45) is 5.73 Å². The van der Waals surface area contributed by atoms with Crippen LogP contribution >= 0.6 is 0 Å². The van der Waals surface area contributed by atoms with Gasteiger partial charge in [-0.25, -0.2) is 9.78 Å². The Labute approximate surface area is 122 Å². The molecular formula is C12H29NO6Si. The van der Waals surface area contributed by atoms with Crippen LogP contribution in [0.5, 0.6) is 0 Å². The summed E-state index contributed by atoms with van der Waals surface area (Å²) in [6.45, 7) is 8.91. The van der Waals surface area contributed by atoms with E-state index < -0.39 is 8.80 Å². The Bertz CT molecular complexity index is 193. The molecule has 8 heteroatoms. The van der Waals surface area contributed by atoms with Crippen molar-refractivity contribution in [1.29, 1.82) is 0 Å². The van der Waals surface area contributed by atoms with E-state index in [0.29, 0.717) is 52.0 Å². The SMILES string of the molecule is CCO[Si](CCCOOOCCCN)(OCC)OCC. The minimum absolute atomic E-state index is 0.393. The highest BCUT2D eigenvalue weighted by atomic mass is 28.4. The second kappa shape index (κ2) is 13.9. The maximum Gasteiger partial charge on any atom is 0.501 e. The number of hydrogen-bond acceptors (Lipinski definition) is 7. The molecule has 0 aromatic rings. The van der Waals surface area contributed by atoms with Crippen LogP contribution in [0, 0.1) is 0 Å². The minimum Gasteiger partial charge on any atom is -0.374 e. The van der Waals surface area contributed by atoms with Crippen molar-refractivity contribution in [3.63, 3.8) is 0 Å². The molecule has 0 fully saturated rings. The Kier molecular flexibility index (Phi) is 13.9. The molecule has 0 spiro atoms. The number of rotatable bonds is 15. The fourth-order valence-electron chi connectivity index (χ4n) is 1.59. The van der Waals surface area contributed by atoms with Gasteiger partial charge in [0.05, 0.1) is 13.2 Å². The lowest BCUT2D eigenvalue weighted by Gasteiger charge is -2.28. The van der Waals surface area contributed by atoms with Gasteiger partial charge in [-0.05, 0) is 40.2 Å². The van der Waals surface area contributed by atoms with Crippen LogP contribution in [0.25, 0.3) is 0 Å². The first-order valence-electron chi connectivity index (χ1n) is 7.27. The van der Waals surface area contributed by atoms with E-state index in [1.807, 2.05) is 20.8 Å². The molecular weight excluding hydrogens is 282 g/mol. The fourth-order valence-corrected chi connectivity index (χ4v) is 4.17. The molecule has 0 amide bonds. The highest BCUT2D eigenvalue weighted by Gasteiger charge is 2.39. The molecule has 0 aliphatic heterocycles. The van der Waals surface area contributed by atoms with Crippen molar-refractivity contribution in [3.8, 4) is 0 Å².